The molecule has 0 saturated carbocycles. The topological polar surface area (TPSA) is 139 Å². The average molecular weight is 308 g/mol. The minimum Gasteiger partial charge on any atom is -0.541 e. The van der Waals surface area contributed by atoms with Crippen molar-refractivity contribution in [3.05, 3.63) is 0 Å². The summed E-state index contributed by atoms with van der Waals surface area (Å²) in [6.45, 7) is -0.222. The third-order valence-electron chi connectivity index (χ3n) is 0.302. The van der Waals surface area contributed by atoms with E-state index >= 15 is 0 Å². The van der Waals surface area contributed by atoms with Gasteiger partial charge in [0.05, 0.1) is 0 Å². The third-order valence-corrected chi connectivity index (χ3v) is 0.302. The Morgan fingerprint density at radius 2 is 1.00 bits per heavy atom. The van der Waals surface area contributed by atoms with E-state index in [1.165, 1.54) is 12.6 Å². The van der Waals surface area contributed by atoms with Gasteiger partial charge in [-0.3, -0.25) is 0 Å². The van der Waals surface area contributed by atoms with Crippen molar-refractivity contribution in [2.75, 3.05) is 27.3 Å². The molecular weight excluding hydrogens is 288 g/mol. The van der Waals surface area contributed by atoms with Crippen LogP contribution in [0.4, 0.5) is 0 Å². The van der Waals surface area contributed by atoms with Crippen LogP contribution in [0.1, 0.15) is 7.43 Å². The molecule has 0 fully saturated rings. The van der Waals surface area contributed by atoms with Gasteiger partial charge in [-0.15, -0.1) is 0 Å². The molecule has 0 saturated heterocycles. The number of rotatable bonds is 4. The standard InChI is InChI=1S/2C2H4NO2.2CH4O.CH4.2Ca/c2*4-2-1-3-5;2*1-2;;;/h2*3,5H,1H2;2*2H,1H3;1H4;;/q2*-1;;;;2*+2. The molecule has 0 rings (SSSR count). The normalized spacial score (nSPS) is 5.06. The molecule has 0 aromatic carbocycles. The van der Waals surface area contributed by atoms with Crippen molar-refractivity contribution in [3.63, 3.8) is 0 Å². The Hall–Kier alpha value is 1.62. The van der Waals surface area contributed by atoms with E-state index in [2.05, 4.69) is 0 Å². The first-order valence-electron chi connectivity index (χ1n) is 3.16. The van der Waals surface area contributed by atoms with E-state index in [1.807, 2.05) is 0 Å². The molecule has 96 valence electrons. The summed E-state index contributed by atoms with van der Waals surface area (Å²) >= 11 is 0. The molecule has 17 heavy (non-hydrogen) atoms. The minimum atomic E-state index is -0.111. The maximum absolute atomic E-state index is 9.06. The fourth-order valence-corrected chi connectivity index (χ4v) is 0.0645. The number of aliphatic hydroxyl groups is 2. The van der Waals surface area contributed by atoms with Crippen molar-refractivity contribution in [1.82, 2.24) is 11.0 Å². The number of nitrogens with one attached hydrogen (secondary N) is 2. The van der Waals surface area contributed by atoms with Crippen LogP contribution in [0.2, 0.25) is 0 Å². The summed E-state index contributed by atoms with van der Waals surface area (Å²) in [6, 6.07) is 0. The van der Waals surface area contributed by atoms with Crippen molar-refractivity contribution in [1.29, 1.82) is 0 Å². The molecule has 10 heteroatoms. The SMILES string of the molecule is C.CO.CO.O=[C-]CNO.O=[C-]CNO.[Ca+2].[Ca+2]. The van der Waals surface area contributed by atoms with Crippen molar-refractivity contribution in [2.45, 2.75) is 7.43 Å². The van der Waals surface area contributed by atoms with Crippen LogP contribution < -0.4 is 11.0 Å². The average Bonchev–Trinajstić information content (AvgIpc) is 2.27. The molecule has 6 N–H and O–H groups in total. The first-order valence-corrected chi connectivity index (χ1v) is 3.16. The van der Waals surface area contributed by atoms with Crippen LogP contribution in [0, 0.1) is 0 Å². The number of hydroxylamine groups is 2. The van der Waals surface area contributed by atoms with Crippen molar-refractivity contribution < 1.29 is 30.2 Å². The molecule has 0 bridgehead atoms. The molecule has 0 unspecified atom stereocenters. The first-order chi connectivity index (χ1) is 6.83. The molecular formula is C7H20Ca2N2O6+2. The predicted octanol–water partition coefficient (Wildman–Crippen LogP) is -2.76. The summed E-state index contributed by atoms with van der Waals surface area (Å²) in [7, 11) is 2.00. The van der Waals surface area contributed by atoms with Crippen LogP contribution in [0.5, 0.6) is 0 Å². The Balaban J connectivity index is -0.0000000160. The van der Waals surface area contributed by atoms with Gasteiger partial charge in [-0.25, -0.2) is 23.5 Å². The summed E-state index contributed by atoms with van der Waals surface area (Å²) in [6.07, 6.45) is 2.81. The summed E-state index contributed by atoms with van der Waals surface area (Å²) in [5.41, 5.74) is 3.19. The second-order valence-electron chi connectivity index (χ2n) is 0.958. The van der Waals surface area contributed by atoms with Gasteiger partial charge in [0.15, 0.2) is 0 Å². The Bertz CT molecular complexity index is 82.8. The number of hydrogen-bond acceptors (Lipinski definition) is 8. The van der Waals surface area contributed by atoms with Crippen LogP contribution in [0.15, 0.2) is 0 Å². The Morgan fingerprint density at radius 1 is 0.824 bits per heavy atom. The van der Waals surface area contributed by atoms with Crippen LogP contribution in [0.25, 0.3) is 0 Å². The van der Waals surface area contributed by atoms with Gasteiger partial charge >= 0.3 is 75.5 Å². The van der Waals surface area contributed by atoms with Gasteiger partial charge in [0.1, 0.15) is 0 Å². The maximum atomic E-state index is 9.06. The van der Waals surface area contributed by atoms with E-state index in [0.717, 1.165) is 14.2 Å². The maximum Gasteiger partial charge on any atom is 2.00 e. The molecule has 0 amide bonds. The van der Waals surface area contributed by atoms with Crippen LogP contribution in [0.3, 0.4) is 0 Å². The Morgan fingerprint density at radius 3 is 1.00 bits per heavy atom. The minimum absolute atomic E-state index is 0. The van der Waals surface area contributed by atoms with Gasteiger partial charge in [0.25, 0.3) is 0 Å². The number of carbonyl (C=O) groups excluding carboxylic acids is 2. The number of aliphatic hydroxyl groups excluding tert-OH is 2. The van der Waals surface area contributed by atoms with Gasteiger partial charge in [-0.1, -0.05) is 20.5 Å². The number of hydrogen-bond donors (Lipinski definition) is 6. The van der Waals surface area contributed by atoms with Gasteiger partial charge in [-0.05, 0) is 0 Å². The largest absolute Gasteiger partial charge is 2.00 e. The van der Waals surface area contributed by atoms with E-state index in [0.29, 0.717) is 0 Å². The molecule has 0 aromatic rings. The van der Waals surface area contributed by atoms with E-state index in [-0.39, 0.29) is 96.0 Å². The third kappa shape index (κ3) is 136. The zero-order valence-electron chi connectivity index (χ0n) is 9.43. The van der Waals surface area contributed by atoms with Crippen LogP contribution in [-0.2, 0) is 9.59 Å². The second kappa shape index (κ2) is 83.8. The molecule has 0 aliphatic carbocycles. The van der Waals surface area contributed by atoms with Crippen molar-refractivity contribution in [3.8, 4) is 0 Å². The molecule has 0 heterocycles. The predicted molar refractivity (Wildman–Crippen MR) is 65.5 cm³/mol. The molecule has 0 aliphatic heterocycles. The van der Waals surface area contributed by atoms with E-state index in [1.54, 1.807) is 11.0 Å². The first kappa shape index (κ1) is 42.8. The van der Waals surface area contributed by atoms with Crippen LogP contribution >= 0.6 is 0 Å². The molecule has 0 aromatic heterocycles. The molecule has 0 spiro atoms. The summed E-state index contributed by atoms with van der Waals surface area (Å²) < 4.78 is 0. The monoisotopic (exact) mass is 308 g/mol. The fourth-order valence-electron chi connectivity index (χ4n) is 0.0645. The Kier molecular flexibility index (Phi) is 211. The van der Waals surface area contributed by atoms with E-state index < -0.39 is 0 Å². The molecule has 0 radical (unpaired) electrons. The Labute approximate surface area is 162 Å². The van der Waals surface area contributed by atoms with E-state index in [9.17, 15) is 0 Å². The molecule has 8 nitrogen and oxygen atoms in total. The smallest absolute Gasteiger partial charge is 0.541 e. The van der Waals surface area contributed by atoms with Crippen molar-refractivity contribution in [2.24, 2.45) is 0 Å². The quantitative estimate of drug-likeness (QED) is 0.186. The zero-order chi connectivity index (χ0) is 12.2. The second-order valence-corrected chi connectivity index (χ2v) is 0.958. The fraction of sp³-hybridized carbons (Fsp3) is 0.714. The summed E-state index contributed by atoms with van der Waals surface area (Å²) in [5, 5.41) is 29.1. The van der Waals surface area contributed by atoms with E-state index in [4.69, 9.17) is 30.2 Å². The zero-order valence-corrected chi connectivity index (χ0v) is 13.9. The van der Waals surface area contributed by atoms with Gasteiger partial charge in [-0.2, -0.15) is 0 Å². The van der Waals surface area contributed by atoms with Gasteiger partial charge in [0.2, 0.25) is 0 Å². The summed E-state index contributed by atoms with van der Waals surface area (Å²) in [4.78, 5) is 18.1. The van der Waals surface area contributed by atoms with Crippen molar-refractivity contribution >= 4 is 88.0 Å². The molecule has 0 atom stereocenters. The summed E-state index contributed by atoms with van der Waals surface area (Å²) in [5.74, 6) is 0. The van der Waals surface area contributed by atoms with Gasteiger partial charge < -0.3 is 30.2 Å². The van der Waals surface area contributed by atoms with Gasteiger partial charge in [0, 0.05) is 14.2 Å². The molecule has 0 aliphatic rings. The van der Waals surface area contributed by atoms with Crippen LogP contribution in [-0.4, -0.2) is 136 Å².